The van der Waals surface area contributed by atoms with Crippen molar-refractivity contribution in [2.45, 2.75) is 121 Å². The molecule has 0 rings (SSSR count). The fraction of sp³-hybridized carbons (Fsp3) is 0.852. The summed E-state index contributed by atoms with van der Waals surface area (Å²) in [4.78, 5) is 19.2. The number of aliphatic hydroxyl groups is 1. The molecular formula is C27H55NO4P+. The third kappa shape index (κ3) is 19.5. The minimum atomic E-state index is -4.55. The summed E-state index contributed by atoms with van der Waals surface area (Å²) < 4.78 is 12.1. The Morgan fingerprint density at radius 3 is 1.42 bits per heavy atom. The fourth-order valence-corrected chi connectivity index (χ4v) is 5.20. The predicted molar refractivity (Wildman–Crippen MR) is 142 cm³/mol. The molecule has 6 heteroatoms. The molecule has 5 nitrogen and oxygen atoms in total. The lowest BCUT2D eigenvalue weighted by Gasteiger charge is -2.35. The number of likely N-dealkylation sites (N-methyl/N-ethyl adjacent to an activating group) is 1. The summed E-state index contributed by atoms with van der Waals surface area (Å²) in [5.41, 5.74) is 0. The van der Waals surface area contributed by atoms with Crippen molar-refractivity contribution in [3.05, 3.63) is 24.3 Å². The Labute approximate surface area is 205 Å². The van der Waals surface area contributed by atoms with E-state index in [1.807, 2.05) is 21.1 Å². The van der Waals surface area contributed by atoms with Gasteiger partial charge in [0, 0.05) is 0 Å². The van der Waals surface area contributed by atoms with Crippen molar-refractivity contribution in [2.24, 2.45) is 0 Å². The van der Waals surface area contributed by atoms with E-state index in [1.54, 1.807) is 0 Å². The second-order valence-corrected chi connectivity index (χ2v) is 12.6. The highest BCUT2D eigenvalue weighted by molar-refractivity contribution is 7.53. The van der Waals surface area contributed by atoms with Crippen LogP contribution >= 0.6 is 7.60 Å². The molecule has 0 aromatic heterocycles. The summed E-state index contributed by atoms with van der Waals surface area (Å²) >= 11 is 0. The molecule has 0 aliphatic heterocycles. The molecule has 0 aromatic rings. The third-order valence-corrected chi connectivity index (χ3v) is 7.47. The second-order valence-electron chi connectivity index (χ2n) is 10.7. The first-order valence-electron chi connectivity index (χ1n) is 13.4. The second kappa shape index (κ2) is 18.8. The molecule has 0 amide bonds. The molecule has 0 spiro atoms. The van der Waals surface area contributed by atoms with E-state index >= 15 is 0 Å². The number of hydrogen-bond acceptors (Lipinski definition) is 2. The average molecular weight is 489 g/mol. The molecule has 0 aliphatic carbocycles. The maximum Gasteiger partial charge on any atom is 0.362 e. The van der Waals surface area contributed by atoms with Crippen molar-refractivity contribution in [3.63, 3.8) is 0 Å². The normalized spacial score (nSPS) is 15.0. The quantitative estimate of drug-likeness (QED) is 0.0645. The van der Waals surface area contributed by atoms with Crippen LogP contribution in [0.3, 0.4) is 0 Å². The monoisotopic (exact) mass is 488 g/mol. The molecule has 0 aliphatic rings. The maximum absolute atomic E-state index is 11.8. The number of allylic oxidation sites excluding steroid dienone is 4. The molecule has 33 heavy (non-hydrogen) atoms. The van der Waals surface area contributed by atoms with Crippen LogP contribution in [0.25, 0.3) is 0 Å². The van der Waals surface area contributed by atoms with Crippen LogP contribution < -0.4 is 0 Å². The van der Waals surface area contributed by atoms with E-state index in [0.717, 1.165) is 25.7 Å². The highest BCUT2D eigenvalue weighted by atomic mass is 31.2. The first kappa shape index (κ1) is 32.5. The van der Waals surface area contributed by atoms with Gasteiger partial charge in [0.05, 0.1) is 21.1 Å². The van der Waals surface area contributed by atoms with E-state index in [2.05, 4.69) is 31.2 Å². The smallest absolute Gasteiger partial charge is 0.362 e. The summed E-state index contributed by atoms with van der Waals surface area (Å²) in [6, 6.07) is 0. The van der Waals surface area contributed by atoms with Gasteiger partial charge in [-0.1, -0.05) is 76.2 Å². The van der Waals surface area contributed by atoms with Crippen molar-refractivity contribution in [3.8, 4) is 0 Å². The topological polar surface area (TPSA) is 77.8 Å². The van der Waals surface area contributed by atoms with Crippen molar-refractivity contribution < 1.29 is 23.9 Å². The summed E-state index contributed by atoms with van der Waals surface area (Å²) in [6.07, 6.45) is 28.3. The number of nitrogens with zero attached hydrogens (tertiary/aromatic N) is 1. The van der Waals surface area contributed by atoms with Gasteiger partial charge in [0.15, 0.2) is 0 Å². The van der Waals surface area contributed by atoms with Crippen molar-refractivity contribution >= 4 is 7.60 Å². The molecule has 0 radical (unpaired) electrons. The molecule has 0 heterocycles. The predicted octanol–water partition coefficient (Wildman–Crippen LogP) is 7.32. The lowest BCUT2D eigenvalue weighted by atomic mass is 10.0. The van der Waals surface area contributed by atoms with Gasteiger partial charge >= 0.3 is 7.60 Å². The largest absolute Gasteiger partial charge is 0.373 e. The molecule has 3 N–H and O–H groups in total. The van der Waals surface area contributed by atoms with Crippen LogP contribution in [0.15, 0.2) is 24.3 Å². The molecule has 0 saturated heterocycles. The van der Waals surface area contributed by atoms with Gasteiger partial charge in [-0.25, -0.2) is 0 Å². The zero-order chi connectivity index (χ0) is 25.1. The van der Waals surface area contributed by atoms with Gasteiger partial charge in [0.25, 0.3) is 0 Å². The van der Waals surface area contributed by atoms with Crippen LogP contribution in [-0.2, 0) is 4.57 Å². The molecule has 0 fully saturated rings. The van der Waals surface area contributed by atoms with E-state index in [-0.39, 0.29) is 13.0 Å². The molecule has 1 unspecified atom stereocenters. The molecule has 0 bridgehead atoms. The van der Waals surface area contributed by atoms with Crippen LogP contribution in [-0.4, -0.2) is 52.4 Å². The first-order chi connectivity index (χ1) is 15.5. The highest BCUT2D eigenvalue weighted by Crippen LogP contribution is 2.52. The highest BCUT2D eigenvalue weighted by Gasteiger charge is 2.48. The van der Waals surface area contributed by atoms with Gasteiger partial charge in [-0.05, 0) is 64.2 Å². The third-order valence-electron chi connectivity index (χ3n) is 6.02. The van der Waals surface area contributed by atoms with Crippen LogP contribution in [0.1, 0.15) is 116 Å². The molecule has 196 valence electrons. The number of quaternary nitrogens is 1. The SMILES string of the molecule is CCCCC/C=C\CCCCC/C=C\CCCCCCCCC(O)(C[N+](C)(C)C)P(=O)(O)O. The zero-order valence-corrected chi connectivity index (χ0v) is 23.1. The minimum Gasteiger partial charge on any atom is -0.373 e. The van der Waals surface area contributed by atoms with Crippen LogP contribution in [0.5, 0.6) is 0 Å². The Hall–Kier alpha value is -0.450. The standard InChI is InChI=1S/C27H54NO4P/c1-5-6-7-8-9-10-11-12-13-14-15-16-17-18-19-20-21-22-23-24-25-27(29,33(30,31)32)26-28(2,3)4/h9-10,16-17,29H,5-8,11-15,18-26H2,1-4H3,(H-,30,31,32)/p+1/b10-9-,17-16-. The first-order valence-corrected chi connectivity index (χ1v) is 15.0. The molecular weight excluding hydrogens is 433 g/mol. The number of hydrogen-bond donors (Lipinski definition) is 3. The molecule has 1 atom stereocenters. The number of rotatable bonds is 22. The van der Waals surface area contributed by atoms with Crippen molar-refractivity contribution in [2.75, 3.05) is 27.7 Å². The molecule has 0 saturated carbocycles. The zero-order valence-electron chi connectivity index (χ0n) is 22.2. The van der Waals surface area contributed by atoms with Crippen LogP contribution in [0, 0.1) is 0 Å². The Balaban J connectivity index is 3.63. The lowest BCUT2D eigenvalue weighted by Crippen LogP contribution is -2.49. The number of unbranched alkanes of at least 4 members (excludes halogenated alkanes) is 13. The van der Waals surface area contributed by atoms with E-state index in [0.29, 0.717) is 10.9 Å². The maximum atomic E-state index is 11.8. The van der Waals surface area contributed by atoms with Gasteiger partial charge in [-0.3, -0.25) is 4.57 Å². The summed E-state index contributed by atoms with van der Waals surface area (Å²) in [7, 11) is 0.962. The van der Waals surface area contributed by atoms with Gasteiger partial charge < -0.3 is 19.4 Å². The van der Waals surface area contributed by atoms with Gasteiger partial charge in [0.1, 0.15) is 6.54 Å². The van der Waals surface area contributed by atoms with E-state index in [1.165, 1.54) is 70.6 Å². The van der Waals surface area contributed by atoms with Crippen molar-refractivity contribution in [1.29, 1.82) is 0 Å². The summed E-state index contributed by atoms with van der Waals surface area (Å²) in [5, 5.41) is 8.63. The Morgan fingerprint density at radius 1 is 0.667 bits per heavy atom. The summed E-state index contributed by atoms with van der Waals surface area (Å²) in [5.74, 6) is 0. The molecule has 0 aromatic carbocycles. The van der Waals surface area contributed by atoms with Crippen molar-refractivity contribution in [1.82, 2.24) is 0 Å². The fourth-order valence-electron chi connectivity index (χ4n) is 4.14. The average Bonchev–Trinajstić information content (AvgIpc) is 2.70. The van der Waals surface area contributed by atoms with E-state index < -0.39 is 12.9 Å². The lowest BCUT2D eigenvalue weighted by molar-refractivity contribution is -0.875. The van der Waals surface area contributed by atoms with Gasteiger partial charge in [0.2, 0.25) is 5.34 Å². The van der Waals surface area contributed by atoms with E-state index in [4.69, 9.17) is 0 Å². The Bertz CT molecular complexity index is 565. The van der Waals surface area contributed by atoms with E-state index in [9.17, 15) is 19.5 Å². The van der Waals surface area contributed by atoms with Crippen LogP contribution in [0.4, 0.5) is 0 Å². The minimum absolute atomic E-state index is 0.0553. The summed E-state index contributed by atoms with van der Waals surface area (Å²) in [6.45, 7) is 2.30. The Kier molecular flexibility index (Phi) is 18.6. The van der Waals surface area contributed by atoms with Gasteiger partial charge in [-0.2, -0.15) is 0 Å². The Morgan fingerprint density at radius 2 is 1.03 bits per heavy atom. The van der Waals surface area contributed by atoms with Crippen LogP contribution in [0.2, 0.25) is 0 Å². The van der Waals surface area contributed by atoms with Gasteiger partial charge in [-0.15, -0.1) is 0 Å².